The molecule has 0 heterocycles. The van der Waals surface area contributed by atoms with Crippen molar-refractivity contribution < 1.29 is 14.5 Å². The molecule has 3 aromatic carbocycles. The number of hydrogen-bond donors (Lipinski definition) is 1. The van der Waals surface area contributed by atoms with Crippen LogP contribution in [0.25, 0.3) is 6.08 Å². The number of nitrogens with one attached hydrogen (secondary N) is 1. The number of rotatable bonds is 7. The first-order valence-electron chi connectivity index (χ1n) is 9.51. The first-order chi connectivity index (χ1) is 15.4. The van der Waals surface area contributed by atoms with Crippen molar-refractivity contribution in [2.24, 2.45) is 0 Å². The van der Waals surface area contributed by atoms with Crippen molar-refractivity contribution in [2.45, 2.75) is 13.5 Å². The number of nitrogens with zero attached hydrogens (tertiary/aromatic N) is 2. The fourth-order valence-corrected chi connectivity index (χ4v) is 2.94. The van der Waals surface area contributed by atoms with Gasteiger partial charge in [-0.25, -0.2) is 0 Å². The summed E-state index contributed by atoms with van der Waals surface area (Å²) in [6.07, 6.45) is 1.42. The number of aryl methyl sites for hydroxylation is 1. The second-order valence-electron chi connectivity index (χ2n) is 6.89. The number of nitro groups is 1. The zero-order valence-electron chi connectivity index (χ0n) is 17.0. The number of nitriles is 1. The summed E-state index contributed by atoms with van der Waals surface area (Å²) >= 11 is 5.77. The van der Waals surface area contributed by atoms with E-state index in [-0.39, 0.29) is 22.0 Å². The lowest BCUT2D eigenvalue weighted by atomic mass is 10.1. The molecular formula is C24H18ClN3O4. The summed E-state index contributed by atoms with van der Waals surface area (Å²) in [5, 5.41) is 22.8. The lowest BCUT2D eigenvalue weighted by Crippen LogP contribution is -2.13. The molecule has 1 N–H and O–H groups in total. The Kier molecular flexibility index (Phi) is 7.21. The first kappa shape index (κ1) is 22.5. The number of hydrogen-bond acceptors (Lipinski definition) is 5. The fraction of sp³-hybridized carbons (Fsp3) is 0.0833. The van der Waals surface area contributed by atoms with Gasteiger partial charge in [0, 0.05) is 11.8 Å². The molecule has 0 bridgehead atoms. The zero-order chi connectivity index (χ0) is 23.1. The van der Waals surface area contributed by atoms with Crippen LogP contribution in [-0.4, -0.2) is 10.8 Å². The van der Waals surface area contributed by atoms with E-state index in [0.717, 1.165) is 11.6 Å². The van der Waals surface area contributed by atoms with E-state index in [1.807, 2.05) is 37.3 Å². The van der Waals surface area contributed by atoms with Gasteiger partial charge in [-0.15, -0.1) is 0 Å². The predicted octanol–water partition coefficient (Wildman–Crippen LogP) is 5.68. The van der Waals surface area contributed by atoms with E-state index in [4.69, 9.17) is 16.3 Å². The molecule has 32 heavy (non-hydrogen) atoms. The second kappa shape index (κ2) is 10.2. The van der Waals surface area contributed by atoms with E-state index < -0.39 is 10.8 Å². The molecule has 0 aromatic heterocycles. The molecule has 3 rings (SSSR count). The average Bonchev–Trinajstić information content (AvgIpc) is 2.79. The SMILES string of the molecule is Cc1ccc(COc2ccc(/C=C(\C#N)C(=O)Nc3ccc(Cl)c([N+](=O)[O-])c3)cc2)cc1. The molecule has 0 atom stereocenters. The van der Waals surface area contributed by atoms with Crippen LogP contribution in [0.1, 0.15) is 16.7 Å². The molecule has 0 aliphatic carbocycles. The number of carbonyl (C=O) groups excluding carboxylic acids is 1. The van der Waals surface area contributed by atoms with Crippen LogP contribution < -0.4 is 10.1 Å². The quantitative estimate of drug-likeness (QED) is 0.217. The van der Waals surface area contributed by atoms with E-state index in [9.17, 15) is 20.2 Å². The Morgan fingerprint density at radius 1 is 1.16 bits per heavy atom. The summed E-state index contributed by atoms with van der Waals surface area (Å²) in [4.78, 5) is 22.8. The van der Waals surface area contributed by atoms with Gasteiger partial charge in [-0.3, -0.25) is 14.9 Å². The van der Waals surface area contributed by atoms with Gasteiger partial charge in [0.25, 0.3) is 11.6 Å². The van der Waals surface area contributed by atoms with Crippen LogP contribution in [0.15, 0.2) is 72.3 Å². The normalized spacial score (nSPS) is 10.8. The maximum Gasteiger partial charge on any atom is 0.289 e. The Morgan fingerprint density at radius 3 is 2.47 bits per heavy atom. The van der Waals surface area contributed by atoms with Crippen LogP contribution in [0.4, 0.5) is 11.4 Å². The second-order valence-corrected chi connectivity index (χ2v) is 7.30. The number of halogens is 1. The van der Waals surface area contributed by atoms with Crippen molar-refractivity contribution in [1.29, 1.82) is 5.26 Å². The average molecular weight is 448 g/mol. The largest absolute Gasteiger partial charge is 0.489 e. The molecule has 0 fully saturated rings. The van der Waals surface area contributed by atoms with Crippen LogP contribution in [-0.2, 0) is 11.4 Å². The fourth-order valence-electron chi connectivity index (χ4n) is 2.76. The lowest BCUT2D eigenvalue weighted by molar-refractivity contribution is -0.384. The highest BCUT2D eigenvalue weighted by Crippen LogP contribution is 2.27. The van der Waals surface area contributed by atoms with Gasteiger partial charge in [-0.1, -0.05) is 53.6 Å². The monoisotopic (exact) mass is 447 g/mol. The summed E-state index contributed by atoms with van der Waals surface area (Å²) in [5.41, 5.74) is 2.51. The Balaban J connectivity index is 1.67. The highest BCUT2D eigenvalue weighted by molar-refractivity contribution is 6.32. The van der Waals surface area contributed by atoms with Gasteiger partial charge in [-0.2, -0.15) is 5.26 Å². The maximum absolute atomic E-state index is 12.4. The highest BCUT2D eigenvalue weighted by Gasteiger charge is 2.15. The Labute approximate surface area is 189 Å². The van der Waals surface area contributed by atoms with Gasteiger partial charge >= 0.3 is 0 Å². The standard InChI is InChI=1S/C24H18ClN3O4/c1-16-2-4-18(5-3-16)15-32-21-9-6-17(7-10-21)12-19(14-26)24(29)27-20-8-11-22(25)23(13-20)28(30)31/h2-13H,15H2,1H3,(H,27,29)/b19-12+. The minimum absolute atomic E-state index is 0.0475. The molecule has 8 heteroatoms. The van der Waals surface area contributed by atoms with Crippen LogP contribution in [0, 0.1) is 28.4 Å². The first-order valence-corrected chi connectivity index (χ1v) is 9.89. The van der Waals surface area contributed by atoms with Gasteiger partial charge in [0.15, 0.2) is 0 Å². The summed E-state index contributed by atoms with van der Waals surface area (Å²) in [7, 11) is 0. The third kappa shape index (κ3) is 5.94. The van der Waals surface area contributed by atoms with E-state index >= 15 is 0 Å². The maximum atomic E-state index is 12.4. The van der Waals surface area contributed by atoms with Crippen LogP contribution in [0.2, 0.25) is 5.02 Å². The van der Waals surface area contributed by atoms with Crippen LogP contribution in [0.5, 0.6) is 5.75 Å². The summed E-state index contributed by atoms with van der Waals surface area (Å²) in [6, 6.07) is 20.7. The third-order valence-electron chi connectivity index (χ3n) is 4.48. The van der Waals surface area contributed by atoms with Crippen LogP contribution >= 0.6 is 11.6 Å². The lowest BCUT2D eigenvalue weighted by Gasteiger charge is -2.07. The molecule has 0 unspecified atom stereocenters. The molecule has 7 nitrogen and oxygen atoms in total. The highest BCUT2D eigenvalue weighted by atomic mass is 35.5. The predicted molar refractivity (Wildman–Crippen MR) is 122 cm³/mol. The Bertz CT molecular complexity index is 1210. The number of nitro benzene ring substituents is 1. The zero-order valence-corrected chi connectivity index (χ0v) is 17.8. The Morgan fingerprint density at radius 2 is 1.84 bits per heavy atom. The molecule has 0 aliphatic heterocycles. The number of amides is 1. The minimum Gasteiger partial charge on any atom is -0.489 e. The molecule has 0 radical (unpaired) electrons. The van der Waals surface area contributed by atoms with Crippen molar-refractivity contribution >= 4 is 35.0 Å². The van der Waals surface area contributed by atoms with Gasteiger partial charge < -0.3 is 10.1 Å². The van der Waals surface area contributed by atoms with Crippen LogP contribution in [0.3, 0.4) is 0 Å². The summed E-state index contributed by atoms with van der Waals surface area (Å²) in [6.45, 7) is 2.44. The van der Waals surface area contributed by atoms with E-state index in [0.29, 0.717) is 17.9 Å². The van der Waals surface area contributed by atoms with Crippen molar-refractivity contribution in [1.82, 2.24) is 0 Å². The van der Waals surface area contributed by atoms with Gasteiger partial charge in [-0.05, 0) is 48.4 Å². The van der Waals surface area contributed by atoms with E-state index in [1.165, 1.54) is 23.8 Å². The molecule has 1 amide bonds. The molecule has 0 saturated heterocycles. The molecule has 0 saturated carbocycles. The molecular weight excluding hydrogens is 430 g/mol. The number of carbonyl (C=O) groups is 1. The summed E-state index contributed by atoms with van der Waals surface area (Å²) < 4.78 is 5.75. The number of anilines is 1. The van der Waals surface area contributed by atoms with Gasteiger partial charge in [0.1, 0.15) is 29.0 Å². The van der Waals surface area contributed by atoms with Gasteiger partial charge in [0.2, 0.25) is 0 Å². The molecule has 0 aliphatic rings. The summed E-state index contributed by atoms with van der Waals surface area (Å²) in [5.74, 6) is -0.0389. The number of ether oxygens (including phenoxy) is 1. The third-order valence-corrected chi connectivity index (χ3v) is 4.80. The van der Waals surface area contributed by atoms with Crippen molar-refractivity contribution in [2.75, 3.05) is 5.32 Å². The Hall–Kier alpha value is -4.15. The molecule has 0 spiro atoms. The van der Waals surface area contributed by atoms with Crippen molar-refractivity contribution in [3.05, 3.63) is 104 Å². The molecule has 160 valence electrons. The number of benzene rings is 3. The van der Waals surface area contributed by atoms with Crippen molar-refractivity contribution in [3.63, 3.8) is 0 Å². The van der Waals surface area contributed by atoms with Crippen molar-refractivity contribution in [3.8, 4) is 11.8 Å². The van der Waals surface area contributed by atoms with Gasteiger partial charge in [0.05, 0.1) is 4.92 Å². The topological polar surface area (TPSA) is 105 Å². The van der Waals surface area contributed by atoms with E-state index in [1.54, 1.807) is 24.3 Å². The minimum atomic E-state index is -0.691. The molecule has 3 aromatic rings. The van der Waals surface area contributed by atoms with E-state index in [2.05, 4.69) is 5.32 Å². The smallest absolute Gasteiger partial charge is 0.289 e.